The molecule has 1 rings (SSSR count). The Labute approximate surface area is 86.5 Å². The van der Waals surface area contributed by atoms with Crippen molar-refractivity contribution in [1.29, 1.82) is 0 Å². The van der Waals surface area contributed by atoms with Crippen LogP contribution < -0.4 is 5.32 Å². The molecular formula is C11H21N3. The molecule has 3 heteroatoms. The first-order chi connectivity index (χ1) is 6.74. The molecule has 0 aromatic carbocycles. The molecule has 2 atom stereocenters. The quantitative estimate of drug-likeness (QED) is 0.779. The van der Waals surface area contributed by atoms with Crippen molar-refractivity contribution in [2.45, 2.75) is 45.7 Å². The van der Waals surface area contributed by atoms with Crippen LogP contribution in [0.25, 0.3) is 0 Å². The van der Waals surface area contributed by atoms with Gasteiger partial charge in [0.15, 0.2) is 0 Å². The average molecular weight is 195 g/mol. The molecule has 0 amide bonds. The number of aryl methyl sites for hydroxylation is 1. The van der Waals surface area contributed by atoms with Crippen molar-refractivity contribution in [3.63, 3.8) is 0 Å². The highest BCUT2D eigenvalue weighted by atomic mass is 15.1. The van der Waals surface area contributed by atoms with E-state index in [9.17, 15) is 0 Å². The summed E-state index contributed by atoms with van der Waals surface area (Å²) in [6.45, 7) is 7.59. The lowest BCUT2D eigenvalue weighted by atomic mass is 9.99. The predicted molar refractivity (Wildman–Crippen MR) is 59.5 cm³/mol. The Kier molecular flexibility index (Phi) is 4.14. The van der Waals surface area contributed by atoms with Crippen LogP contribution in [0.3, 0.4) is 0 Å². The van der Waals surface area contributed by atoms with Crippen LogP contribution in [0.1, 0.15) is 38.9 Å². The molecule has 0 bridgehead atoms. The Morgan fingerprint density at radius 3 is 2.71 bits per heavy atom. The molecule has 0 fully saturated rings. The smallest absolute Gasteiger partial charge is 0.113 e. The minimum atomic E-state index is 0.472. The molecule has 1 aromatic heterocycles. The number of nitrogens with one attached hydrogen (secondary N) is 1. The van der Waals surface area contributed by atoms with Gasteiger partial charge in [0.1, 0.15) is 5.82 Å². The lowest BCUT2D eigenvalue weighted by molar-refractivity contribution is 0.444. The molecule has 3 nitrogen and oxygen atoms in total. The molecule has 1 aromatic rings. The SMILES string of the molecule is CCC(NC)C(C)c1nccn1CC. The van der Waals surface area contributed by atoms with Crippen molar-refractivity contribution in [1.82, 2.24) is 14.9 Å². The third-order valence-corrected chi connectivity index (χ3v) is 2.91. The first-order valence-electron chi connectivity index (χ1n) is 5.42. The molecule has 0 spiro atoms. The third-order valence-electron chi connectivity index (χ3n) is 2.91. The van der Waals surface area contributed by atoms with Crippen LogP contribution in [0.5, 0.6) is 0 Å². The van der Waals surface area contributed by atoms with Gasteiger partial charge in [-0.1, -0.05) is 13.8 Å². The van der Waals surface area contributed by atoms with Crippen LogP contribution in [0.4, 0.5) is 0 Å². The van der Waals surface area contributed by atoms with Gasteiger partial charge in [-0.25, -0.2) is 4.98 Å². The summed E-state index contributed by atoms with van der Waals surface area (Å²) < 4.78 is 2.21. The summed E-state index contributed by atoms with van der Waals surface area (Å²) in [4.78, 5) is 4.43. The maximum absolute atomic E-state index is 4.43. The number of imidazole rings is 1. The van der Waals surface area contributed by atoms with Gasteiger partial charge in [-0.3, -0.25) is 0 Å². The Morgan fingerprint density at radius 1 is 1.50 bits per heavy atom. The summed E-state index contributed by atoms with van der Waals surface area (Å²) >= 11 is 0. The highest BCUT2D eigenvalue weighted by molar-refractivity contribution is 5.02. The van der Waals surface area contributed by atoms with Crippen molar-refractivity contribution >= 4 is 0 Å². The minimum absolute atomic E-state index is 0.472. The monoisotopic (exact) mass is 195 g/mol. The molecule has 0 radical (unpaired) electrons. The molecule has 0 aliphatic carbocycles. The number of nitrogens with zero attached hydrogens (tertiary/aromatic N) is 2. The van der Waals surface area contributed by atoms with E-state index in [4.69, 9.17) is 0 Å². The van der Waals surface area contributed by atoms with E-state index < -0.39 is 0 Å². The molecule has 2 unspecified atom stereocenters. The average Bonchev–Trinajstić information content (AvgIpc) is 2.67. The first-order valence-corrected chi connectivity index (χ1v) is 5.42. The molecule has 0 aliphatic rings. The standard InChI is InChI=1S/C11H21N3/c1-5-10(12-4)9(3)11-13-7-8-14(11)6-2/h7-10,12H,5-6H2,1-4H3. The maximum Gasteiger partial charge on any atom is 0.113 e. The Balaban J connectivity index is 2.81. The van der Waals surface area contributed by atoms with Crippen LogP contribution in [0.2, 0.25) is 0 Å². The number of rotatable bonds is 5. The van der Waals surface area contributed by atoms with Crippen molar-refractivity contribution in [2.75, 3.05) is 7.05 Å². The molecule has 14 heavy (non-hydrogen) atoms. The highest BCUT2D eigenvalue weighted by Gasteiger charge is 2.19. The van der Waals surface area contributed by atoms with Gasteiger partial charge in [0.25, 0.3) is 0 Å². The largest absolute Gasteiger partial charge is 0.335 e. The summed E-state index contributed by atoms with van der Waals surface area (Å²) in [5, 5.41) is 3.34. The van der Waals surface area contributed by atoms with Crippen LogP contribution in [0.15, 0.2) is 12.4 Å². The molecule has 1 heterocycles. The molecule has 0 saturated carbocycles. The number of hydrogen-bond acceptors (Lipinski definition) is 2. The van der Waals surface area contributed by atoms with E-state index in [0.29, 0.717) is 12.0 Å². The van der Waals surface area contributed by atoms with Gasteiger partial charge in [-0.05, 0) is 20.4 Å². The van der Waals surface area contributed by atoms with E-state index in [1.807, 2.05) is 19.4 Å². The highest BCUT2D eigenvalue weighted by Crippen LogP contribution is 2.19. The van der Waals surface area contributed by atoms with Gasteiger partial charge in [0.2, 0.25) is 0 Å². The van der Waals surface area contributed by atoms with E-state index in [0.717, 1.165) is 13.0 Å². The Hall–Kier alpha value is -0.830. The fraction of sp³-hybridized carbons (Fsp3) is 0.727. The predicted octanol–water partition coefficient (Wildman–Crippen LogP) is 2.00. The van der Waals surface area contributed by atoms with Gasteiger partial charge in [0.05, 0.1) is 0 Å². The van der Waals surface area contributed by atoms with Gasteiger partial charge < -0.3 is 9.88 Å². The zero-order valence-electron chi connectivity index (χ0n) is 9.62. The second-order valence-electron chi connectivity index (χ2n) is 3.66. The van der Waals surface area contributed by atoms with Crippen LogP contribution in [-0.4, -0.2) is 22.6 Å². The number of hydrogen-bond donors (Lipinski definition) is 1. The lowest BCUT2D eigenvalue weighted by Gasteiger charge is -2.22. The topological polar surface area (TPSA) is 29.9 Å². The zero-order chi connectivity index (χ0) is 10.6. The Morgan fingerprint density at radius 2 is 2.21 bits per heavy atom. The van der Waals surface area contributed by atoms with Gasteiger partial charge in [0, 0.05) is 30.9 Å². The van der Waals surface area contributed by atoms with E-state index in [-0.39, 0.29) is 0 Å². The van der Waals surface area contributed by atoms with Crippen molar-refractivity contribution in [2.24, 2.45) is 0 Å². The van der Waals surface area contributed by atoms with Gasteiger partial charge in [-0.2, -0.15) is 0 Å². The number of aromatic nitrogens is 2. The summed E-state index contributed by atoms with van der Waals surface area (Å²) in [6, 6.07) is 0.516. The van der Waals surface area contributed by atoms with Crippen molar-refractivity contribution in [3.05, 3.63) is 18.2 Å². The first kappa shape index (κ1) is 11.2. The summed E-state index contributed by atoms with van der Waals surface area (Å²) in [6.07, 6.45) is 5.07. The third kappa shape index (κ3) is 2.15. The maximum atomic E-state index is 4.43. The van der Waals surface area contributed by atoms with E-state index in [1.54, 1.807) is 0 Å². The van der Waals surface area contributed by atoms with Crippen molar-refractivity contribution < 1.29 is 0 Å². The van der Waals surface area contributed by atoms with Crippen LogP contribution in [-0.2, 0) is 6.54 Å². The summed E-state index contributed by atoms with van der Waals surface area (Å²) in [5.74, 6) is 1.66. The van der Waals surface area contributed by atoms with Gasteiger partial charge in [-0.15, -0.1) is 0 Å². The minimum Gasteiger partial charge on any atom is -0.335 e. The second kappa shape index (κ2) is 5.15. The molecular weight excluding hydrogens is 174 g/mol. The summed E-state index contributed by atoms with van der Waals surface area (Å²) in [7, 11) is 2.02. The van der Waals surface area contributed by atoms with Crippen LogP contribution >= 0.6 is 0 Å². The lowest BCUT2D eigenvalue weighted by Crippen LogP contribution is -2.31. The normalized spacial score (nSPS) is 15.4. The molecule has 0 aliphatic heterocycles. The van der Waals surface area contributed by atoms with Gasteiger partial charge >= 0.3 is 0 Å². The molecule has 80 valence electrons. The zero-order valence-corrected chi connectivity index (χ0v) is 9.62. The fourth-order valence-electron chi connectivity index (χ4n) is 1.97. The van der Waals surface area contributed by atoms with E-state index in [2.05, 4.69) is 35.6 Å². The van der Waals surface area contributed by atoms with Crippen LogP contribution in [0, 0.1) is 0 Å². The van der Waals surface area contributed by atoms with E-state index >= 15 is 0 Å². The van der Waals surface area contributed by atoms with E-state index in [1.165, 1.54) is 5.82 Å². The fourth-order valence-corrected chi connectivity index (χ4v) is 1.97. The van der Waals surface area contributed by atoms with Crippen molar-refractivity contribution in [3.8, 4) is 0 Å². The Bertz CT molecular complexity index is 263. The number of likely N-dealkylation sites (N-methyl/N-ethyl adjacent to an activating group) is 1. The summed E-state index contributed by atoms with van der Waals surface area (Å²) in [5.41, 5.74) is 0. The molecule has 0 saturated heterocycles. The molecule has 1 N–H and O–H groups in total. The second-order valence-corrected chi connectivity index (χ2v) is 3.66.